The van der Waals surface area contributed by atoms with E-state index in [1.54, 1.807) is 23.1 Å². The average Bonchev–Trinajstić information content (AvgIpc) is 2.85. The smallest absolute Gasteiger partial charge is 0.275 e. The molecule has 1 fully saturated rings. The zero-order valence-electron chi connectivity index (χ0n) is 17.4. The SMILES string of the molecule is Cc1ccc2nc(N3CCC(F)(F)c4ccccc4C3)nc(N)c2c1CC1(N)COC1. The van der Waals surface area contributed by atoms with Crippen molar-refractivity contribution in [2.24, 2.45) is 5.73 Å². The molecule has 1 saturated heterocycles. The van der Waals surface area contributed by atoms with Crippen LogP contribution in [0, 0.1) is 6.92 Å². The van der Waals surface area contributed by atoms with Gasteiger partial charge < -0.3 is 21.1 Å². The summed E-state index contributed by atoms with van der Waals surface area (Å²) in [4.78, 5) is 11.0. The summed E-state index contributed by atoms with van der Waals surface area (Å²) in [7, 11) is 0. The van der Waals surface area contributed by atoms with Gasteiger partial charge in [-0.15, -0.1) is 0 Å². The molecule has 6 nitrogen and oxygen atoms in total. The molecule has 0 amide bonds. The number of rotatable bonds is 3. The van der Waals surface area contributed by atoms with Crippen molar-refractivity contribution in [1.29, 1.82) is 0 Å². The largest absolute Gasteiger partial charge is 0.383 e. The van der Waals surface area contributed by atoms with E-state index in [9.17, 15) is 8.78 Å². The second kappa shape index (κ2) is 7.10. The number of nitrogens with two attached hydrogens (primary N) is 2. The van der Waals surface area contributed by atoms with Gasteiger partial charge in [-0.25, -0.2) is 13.8 Å². The number of halogens is 2. The van der Waals surface area contributed by atoms with Crippen LogP contribution in [0.25, 0.3) is 10.9 Å². The highest BCUT2D eigenvalue weighted by atomic mass is 19.3. The summed E-state index contributed by atoms with van der Waals surface area (Å²) in [5.41, 5.74) is 15.8. The molecule has 0 unspecified atom stereocenters. The van der Waals surface area contributed by atoms with Gasteiger partial charge in [-0.3, -0.25) is 0 Å². The van der Waals surface area contributed by atoms with Gasteiger partial charge >= 0.3 is 0 Å². The minimum atomic E-state index is -2.89. The van der Waals surface area contributed by atoms with Crippen LogP contribution in [0.1, 0.15) is 28.7 Å². The Balaban J connectivity index is 1.55. The number of aryl methyl sites for hydroxylation is 1. The Morgan fingerprint density at radius 1 is 1.13 bits per heavy atom. The number of fused-ring (bicyclic) bond motifs is 2. The van der Waals surface area contributed by atoms with Crippen molar-refractivity contribution in [2.75, 3.05) is 30.4 Å². The first-order valence-corrected chi connectivity index (χ1v) is 10.4. The van der Waals surface area contributed by atoms with Crippen molar-refractivity contribution in [2.45, 2.75) is 37.8 Å². The molecular weight excluding hydrogens is 400 g/mol. The molecule has 2 aromatic carbocycles. The Morgan fingerprint density at radius 3 is 2.65 bits per heavy atom. The van der Waals surface area contributed by atoms with Gasteiger partial charge in [-0.05, 0) is 36.1 Å². The van der Waals surface area contributed by atoms with Gasteiger partial charge in [0.1, 0.15) is 5.82 Å². The molecule has 0 atom stereocenters. The summed E-state index contributed by atoms with van der Waals surface area (Å²) in [6.07, 6.45) is 0.312. The number of hydrogen-bond acceptors (Lipinski definition) is 6. The second-order valence-corrected chi connectivity index (χ2v) is 8.73. The number of hydrogen-bond donors (Lipinski definition) is 2. The molecular formula is C23H25F2N5O. The standard InChI is InChI=1S/C23H25F2N5O/c1-14-6-7-18-19(16(14)10-22(27)12-31-13-22)20(26)29-21(28-18)30-9-8-23(24,25)17-5-3-2-4-15(17)11-30/h2-7H,8-13,27H2,1H3,(H2,26,28,29). The number of alkyl halides is 2. The lowest BCUT2D eigenvalue weighted by atomic mass is 9.86. The molecule has 0 saturated carbocycles. The lowest BCUT2D eigenvalue weighted by Crippen LogP contribution is -2.59. The molecule has 4 N–H and O–H groups in total. The van der Waals surface area contributed by atoms with E-state index >= 15 is 0 Å². The average molecular weight is 425 g/mol. The van der Waals surface area contributed by atoms with E-state index in [1.807, 2.05) is 19.1 Å². The maximum atomic E-state index is 14.7. The third-order valence-electron chi connectivity index (χ3n) is 6.28. The van der Waals surface area contributed by atoms with Gasteiger partial charge in [0.05, 0.1) is 24.3 Å². The van der Waals surface area contributed by atoms with Crippen LogP contribution >= 0.6 is 0 Å². The van der Waals surface area contributed by atoms with Gasteiger partial charge in [0.25, 0.3) is 5.92 Å². The van der Waals surface area contributed by atoms with Crippen molar-refractivity contribution in [1.82, 2.24) is 9.97 Å². The van der Waals surface area contributed by atoms with Crippen molar-refractivity contribution >= 4 is 22.7 Å². The Labute approximate surface area is 179 Å². The van der Waals surface area contributed by atoms with Crippen LogP contribution in [0.3, 0.4) is 0 Å². The molecule has 5 rings (SSSR count). The van der Waals surface area contributed by atoms with Crippen LogP contribution in [0.15, 0.2) is 36.4 Å². The van der Waals surface area contributed by atoms with Gasteiger partial charge in [0.2, 0.25) is 5.95 Å². The van der Waals surface area contributed by atoms with Crippen LogP contribution in [-0.2, 0) is 23.6 Å². The number of nitrogens with zero attached hydrogens (tertiary/aromatic N) is 3. The lowest BCUT2D eigenvalue weighted by molar-refractivity contribution is -0.0528. The topological polar surface area (TPSA) is 90.3 Å². The predicted molar refractivity (Wildman–Crippen MR) is 116 cm³/mol. The summed E-state index contributed by atoms with van der Waals surface area (Å²) in [6.45, 7) is 3.46. The van der Waals surface area contributed by atoms with Gasteiger partial charge in [0.15, 0.2) is 0 Å². The van der Waals surface area contributed by atoms with Crippen LogP contribution in [0.4, 0.5) is 20.5 Å². The molecule has 0 spiro atoms. The zero-order chi connectivity index (χ0) is 21.8. The van der Waals surface area contributed by atoms with Crippen LogP contribution < -0.4 is 16.4 Å². The van der Waals surface area contributed by atoms with Crippen LogP contribution in [0.2, 0.25) is 0 Å². The Hall–Kier alpha value is -2.84. The molecule has 2 aliphatic heterocycles. The van der Waals surface area contributed by atoms with Crippen LogP contribution in [-0.4, -0.2) is 35.3 Å². The quantitative estimate of drug-likeness (QED) is 0.669. The molecule has 1 aromatic heterocycles. The minimum Gasteiger partial charge on any atom is -0.383 e. The highest BCUT2D eigenvalue weighted by molar-refractivity contribution is 5.93. The third-order valence-corrected chi connectivity index (χ3v) is 6.28. The fourth-order valence-corrected chi connectivity index (χ4v) is 4.48. The molecule has 8 heteroatoms. The van der Waals surface area contributed by atoms with Crippen molar-refractivity contribution in [3.05, 3.63) is 58.7 Å². The lowest BCUT2D eigenvalue weighted by Gasteiger charge is -2.38. The Bertz CT molecular complexity index is 1160. The van der Waals surface area contributed by atoms with Crippen LogP contribution in [0.5, 0.6) is 0 Å². The van der Waals surface area contributed by atoms with Gasteiger partial charge in [0, 0.05) is 30.5 Å². The van der Waals surface area contributed by atoms with E-state index in [0.29, 0.717) is 49.0 Å². The van der Waals surface area contributed by atoms with E-state index in [1.165, 1.54) is 6.07 Å². The first kappa shape index (κ1) is 20.1. The third kappa shape index (κ3) is 3.49. The first-order chi connectivity index (χ1) is 14.8. The zero-order valence-corrected chi connectivity index (χ0v) is 17.4. The van der Waals surface area contributed by atoms with E-state index < -0.39 is 11.5 Å². The molecule has 3 aromatic rings. The highest BCUT2D eigenvalue weighted by Crippen LogP contribution is 2.38. The molecule has 162 valence electrons. The predicted octanol–water partition coefficient (Wildman–Crippen LogP) is 3.29. The monoisotopic (exact) mass is 425 g/mol. The molecule has 31 heavy (non-hydrogen) atoms. The van der Waals surface area contributed by atoms with E-state index in [2.05, 4.69) is 4.98 Å². The summed E-state index contributed by atoms with van der Waals surface area (Å²) < 4.78 is 34.6. The van der Waals surface area contributed by atoms with Crippen molar-refractivity contribution in [3.63, 3.8) is 0 Å². The number of benzene rings is 2. The number of nitrogen functional groups attached to an aromatic ring is 1. The maximum Gasteiger partial charge on any atom is 0.275 e. The number of anilines is 2. The molecule has 2 aliphatic rings. The summed E-state index contributed by atoms with van der Waals surface area (Å²) in [5, 5.41) is 0.779. The van der Waals surface area contributed by atoms with Gasteiger partial charge in [-0.2, -0.15) is 4.98 Å². The van der Waals surface area contributed by atoms with Crippen molar-refractivity contribution < 1.29 is 13.5 Å². The minimum absolute atomic E-state index is 0.0696. The van der Waals surface area contributed by atoms with Gasteiger partial charge in [-0.1, -0.05) is 30.3 Å². The van der Waals surface area contributed by atoms with E-state index in [4.69, 9.17) is 21.2 Å². The van der Waals surface area contributed by atoms with Crippen molar-refractivity contribution in [3.8, 4) is 0 Å². The molecule has 0 aliphatic carbocycles. The first-order valence-electron chi connectivity index (χ1n) is 10.4. The fraction of sp³-hybridized carbons (Fsp3) is 0.391. The number of aromatic nitrogens is 2. The second-order valence-electron chi connectivity index (χ2n) is 8.73. The summed E-state index contributed by atoms with van der Waals surface area (Å²) in [5.74, 6) is -2.19. The molecule has 3 heterocycles. The normalized spacial score (nSPS) is 19.5. The molecule has 0 radical (unpaired) electrons. The highest BCUT2D eigenvalue weighted by Gasteiger charge is 2.38. The Morgan fingerprint density at radius 2 is 1.90 bits per heavy atom. The fourth-order valence-electron chi connectivity index (χ4n) is 4.48. The van der Waals surface area contributed by atoms with E-state index in [-0.39, 0.29) is 18.5 Å². The summed E-state index contributed by atoms with van der Waals surface area (Å²) in [6, 6.07) is 10.5. The maximum absolute atomic E-state index is 14.7. The van der Waals surface area contributed by atoms with E-state index in [0.717, 1.165) is 16.5 Å². The number of ether oxygens (including phenoxy) is 1. The summed E-state index contributed by atoms with van der Waals surface area (Å²) >= 11 is 0. The Kier molecular flexibility index (Phi) is 4.60. The molecule has 0 bridgehead atoms.